The Kier molecular flexibility index (Phi) is 15.5. The van der Waals surface area contributed by atoms with Gasteiger partial charge in [-0.15, -0.1) is 0 Å². The molecule has 18 atom stereocenters. The SMILES string of the molecule is CC(=O)N[C@H]1C(C)(COC[C@]2(C)OC(C)(CO)[C@](C)(O)C(C)(O)C2(C)O)[C@H](O)C(C)(CO)O[C@]1(C)COC[C@H](CCCC(=O)OC1(C)OC(C)(C)C(C)C(C)(O)C1O)C1SC[C@@H]2NC(=O)N[C@H]12. The maximum Gasteiger partial charge on any atom is 0.315 e. The molecule has 21 heteroatoms. The van der Waals surface area contributed by atoms with E-state index in [1.807, 2.05) is 0 Å². The predicted molar refractivity (Wildman–Crippen MR) is 243 cm³/mol. The minimum Gasteiger partial charge on any atom is -0.430 e. The van der Waals surface area contributed by atoms with Crippen LogP contribution in [-0.4, -0.2) is 196 Å². The van der Waals surface area contributed by atoms with Crippen LogP contribution in [0.2, 0.25) is 0 Å². The van der Waals surface area contributed by atoms with Crippen molar-refractivity contribution in [3.8, 4) is 0 Å². The van der Waals surface area contributed by atoms with E-state index in [-0.39, 0.29) is 55.5 Å². The van der Waals surface area contributed by atoms with Crippen LogP contribution < -0.4 is 16.0 Å². The van der Waals surface area contributed by atoms with Crippen molar-refractivity contribution in [2.24, 2.45) is 17.3 Å². The lowest BCUT2D eigenvalue weighted by Crippen LogP contribution is -2.85. The van der Waals surface area contributed by atoms with Gasteiger partial charge < -0.3 is 85.2 Å². The van der Waals surface area contributed by atoms with Gasteiger partial charge in [-0.1, -0.05) is 13.8 Å². The average molecular weight is 980 g/mol. The molecule has 5 fully saturated rings. The molecule has 0 aliphatic carbocycles. The van der Waals surface area contributed by atoms with Crippen molar-refractivity contribution in [1.29, 1.82) is 0 Å². The Hall–Kier alpha value is -1.96. The maximum atomic E-state index is 13.4. The highest BCUT2D eigenvalue weighted by atomic mass is 32.2. The molecule has 67 heavy (non-hydrogen) atoms. The molecule has 5 aliphatic rings. The molecule has 5 rings (SSSR count). The number of hydrogen-bond donors (Lipinski definition) is 11. The number of ether oxygens (including phenoxy) is 6. The molecule has 11 N–H and O–H groups in total. The fraction of sp³-hybridized carbons (Fsp3) is 0.935. The van der Waals surface area contributed by atoms with E-state index in [9.17, 15) is 55.2 Å². The van der Waals surface area contributed by atoms with Crippen molar-refractivity contribution in [3.05, 3.63) is 0 Å². The van der Waals surface area contributed by atoms with E-state index in [1.54, 1.807) is 46.4 Å². The van der Waals surface area contributed by atoms with Gasteiger partial charge in [0.05, 0.1) is 75.1 Å². The molecular weight excluding hydrogens is 899 g/mol. The van der Waals surface area contributed by atoms with Gasteiger partial charge in [0.1, 0.15) is 45.3 Å². The summed E-state index contributed by atoms with van der Waals surface area (Å²) < 4.78 is 37.5. The van der Waals surface area contributed by atoms with Crippen LogP contribution in [0, 0.1) is 17.3 Å². The molecular formula is C46H81N3O17S. The second-order valence-corrected chi connectivity index (χ2v) is 23.8. The highest BCUT2D eigenvalue weighted by Crippen LogP contribution is 2.54. The number of urea groups is 1. The summed E-state index contributed by atoms with van der Waals surface area (Å²) in [6, 6.07) is -1.70. The number of carbonyl (C=O) groups is 3. The first-order valence-corrected chi connectivity index (χ1v) is 24.4. The summed E-state index contributed by atoms with van der Waals surface area (Å²) in [5.41, 5.74) is -17.2. The van der Waals surface area contributed by atoms with Gasteiger partial charge >= 0.3 is 12.0 Å². The molecule has 388 valence electrons. The molecule has 5 heterocycles. The number of hydrogen-bond acceptors (Lipinski definition) is 18. The van der Waals surface area contributed by atoms with Crippen LogP contribution in [0.3, 0.4) is 0 Å². The van der Waals surface area contributed by atoms with Crippen LogP contribution in [0.1, 0.15) is 116 Å². The molecule has 10 unspecified atom stereocenters. The van der Waals surface area contributed by atoms with Crippen molar-refractivity contribution in [2.75, 3.05) is 45.4 Å². The van der Waals surface area contributed by atoms with Crippen LogP contribution in [0.4, 0.5) is 4.79 Å². The Balaban J connectivity index is 1.36. The summed E-state index contributed by atoms with van der Waals surface area (Å²) in [6.45, 7) is 18.7. The number of nitrogens with one attached hydrogen (secondary N) is 3. The molecule has 5 saturated heterocycles. The number of amides is 3. The smallest absolute Gasteiger partial charge is 0.315 e. The lowest BCUT2D eigenvalue weighted by molar-refractivity contribution is -0.408. The quantitative estimate of drug-likeness (QED) is 0.0675. The fourth-order valence-electron chi connectivity index (χ4n) is 11.6. The van der Waals surface area contributed by atoms with E-state index in [2.05, 4.69) is 16.0 Å². The number of rotatable bonds is 17. The number of esters is 1. The summed E-state index contributed by atoms with van der Waals surface area (Å²) >= 11 is 1.65. The van der Waals surface area contributed by atoms with Gasteiger partial charge in [0.25, 0.3) is 0 Å². The second kappa shape index (κ2) is 18.6. The van der Waals surface area contributed by atoms with E-state index in [0.717, 1.165) is 0 Å². The topological polar surface area (TPSA) is 305 Å². The van der Waals surface area contributed by atoms with Gasteiger partial charge in [-0.05, 0) is 88.0 Å². The van der Waals surface area contributed by atoms with Gasteiger partial charge in [0.2, 0.25) is 11.7 Å². The Morgan fingerprint density at radius 3 is 1.99 bits per heavy atom. The molecule has 3 amide bonds. The minimum atomic E-state index is -2.25. The van der Waals surface area contributed by atoms with E-state index in [0.29, 0.717) is 18.6 Å². The molecule has 0 aromatic heterocycles. The van der Waals surface area contributed by atoms with E-state index in [1.165, 1.54) is 62.3 Å². The van der Waals surface area contributed by atoms with Crippen LogP contribution in [0.25, 0.3) is 0 Å². The Labute approximate surface area is 398 Å². The standard InChI is InChI=1S/C46H81N3O17S/c1-25-36(3,4)64-43(11,34(55)42(25,10)57)63-29(53)17-15-16-27(31-30-28(19-67-31)48-35(56)49-30)18-61-23-39(7)32(47-26(2)52)37(5,33(54)38(6,20-50)65-39)22-62-24-41(9)45(13,59)46(14,60)44(12,58)40(8,21-51)66-41/h25,27-28,30-34,50-51,54-55,57-60H,15-24H2,1-14H3,(H,47,52)(H2,48,49,56)/t25?,27-,28-,30-,31?,32-,33-,34?,37?,38?,39+,40?,41-,42?,43?,44-,45?,46?/m0/s1. The highest BCUT2D eigenvalue weighted by Gasteiger charge is 2.74. The zero-order chi connectivity index (χ0) is 51.0. The number of thioether (sulfide) groups is 1. The van der Waals surface area contributed by atoms with Crippen molar-refractivity contribution >= 4 is 29.7 Å². The molecule has 5 aliphatic heterocycles. The molecule has 0 radical (unpaired) electrons. The maximum absolute atomic E-state index is 13.4. The normalized spacial score (nSPS) is 48.8. The average Bonchev–Trinajstić information content (AvgIpc) is 3.78. The molecule has 0 aromatic carbocycles. The largest absolute Gasteiger partial charge is 0.430 e. The fourth-order valence-corrected chi connectivity index (χ4v) is 13.3. The third-order valence-corrected chi connectivity index (χ3v) is 18.5. The summed E-state index contributed by atoms with van der Waals surface area (Å²) in [6.07, 6.45) is -2.34. The van der Waals surface area contributed by atoms with Gasteiger partial charge in [-0.25, -0.2) is 4.79 Å². The Morgan fingerprint density at radius 2 is 1.40 bits per heavy atom. The van der Waals surface area contributed by atoms with Crippen LogP contribution >= 0.6 is 11.8 Å². The second-order valence-electron chi connectivity index (χ2n) is 22.6. The summed E-state index contributed by atoms with van der Waals surface area (Å²) in [7, 11) is 0. The minimum absolute atomic E-state index is 0.0669. The number of aliphatic hydroxyl groups excluding tert-OH is 4. The molecule has 20 nitrogen and oxygen atoms in total. The van der Waals surface area contributed by atoms with Crippen LogP contribution in [0.5, 0.6) is 0 Å². The van der Waals surface area contributed by atoms with Crippen molar-refractivity contribution in [1.82, 2.24) is 16.0 Å². The number of fused-ring (bicyclic) bond motifs is 1. The molecule has 0 saturated carbocycles. The predicted octanol–water partition coefficient (Wildman–Crippen LogP) is -0.00760. The van der Waals surface area contributed by atoms with Crippen LogP contribution in [0.15, 0.2) is 0 Å². The third-order valence-electron chi connectivity index (χ3n) is 16.9. The zero-order valence-corrected chi connectivity index (χ0v) is 42.7. The molecule has 0 bridgehead atoms. The zero-order valence-electron chi connectivity index (χ0n) is 41.9. The lowest BCUT2D eigenvalue weighted by atomic mass is 9.58. The van der Waals surface area contributed by atoms with Gasteiger partial charge in [0, 0.05) is 42.6 Å². The lowest BCUT2D eigenvalue weighted by Gasteiger charge is -2.65. The van der Waals surface area contributed by atoms with Gasteiger partial charge in [-0.3, -0.25) is 9.59 Å². The third kappa shape index (κ3) is 9.50. The Morgan fingerprint density at radius 1 is 0.791 bits per heavy atom. The summed E-state index contributed by atoms with van der Waals surface area (Å²) in [5, 5.41) is 99.3. The van der Waals surface area contributed by atoms with Crippen molar-refractivity contribution < 1.29 is 83.7 Å². The monoisotopic (exact) mass is 980 g/mol. The molecule has 0 aromatic rings. The summed E-state index contributed by atoms with van der Waals surface area (Å²) in [4.78, 5) is 38.9. The summed E-state index contributed by atoms with van der Waals surface area (Å²) in [5.74, 6) is -3.06. The first-order valence-electron chi connectivity index (χ1n) is 23.3. The molecule has 0 spiro atoms. The number of carbonyl (C=O) groups excluding carboxylic acids is 3. The van der Waals surface area contributed by atoms with Crippen LogP contribution in [-0.2, 0) is 38.0 Å². The first-order chi connectivity index (χ1) is 30.4. The highest BCUT2D eigenvalue weighted by molar-refractivity contribution is 8.00. The van der Waals surface area contributed by atoms with E-state index < -0.39 is 117 Å². The van der Waals surface area contributed by atoms with E-state index >= 15 is 0 Å². The van der Waals surface area contributed by atoms with Crippen molar-refractivity contribution in [3.63, 3.8) is 0 Å². The van der Waals surface area contributed by atoms with Gasteiger partial charge in [-0.2, -0.15) is 11.8 Å². The van der Waals surface area contributed by atoms with Gasteiger partial charge in [0.15, 0.2) is 0 Å². The van der Waals surface area contributed by atoms with Crippen molar-refractivity contribution in [2.45, 2.75) is 208 Å². The first kappa shape index (κ1) is 56.0. The van der Waals surface area contributed by atoms with E-state index in [4.69, 9.17) is 28.4 Å². The number of aliphatic hydroxyl groups is 8. The Bertz CT molecular complexity index is 1840.